The van der Waals surface area contributed by atoms with Gasteiger partial charge in [0.15, 0.2) is 0 Å². The first-order chi connectivity index (χ1) is 13.2. The molecule has 0 radical (unpaired) electrons. The van der Waals surface area contributed by atoms with Gasteiger partial charge in [-0.3, -0.25) is 29.4 Å². The Morgan fingerprint density at radius 1 is 1.18 bits per heavy atom. The lowest BCUT2D eigenvalue weighted by atomic mass is 10.1. The van der Waals surface area contributed by atoms with Crippen molar-refractivity contribution in [2.45, 2.75) is 13.0 Å². The zero-order valence-electron chi connectivity index (χ0n) is 14.4. The molecule has 0 bridgehead atoms. The molecule has 0 fully saturated rings. The first-order valence-electron chi connectivity index (χ1n) is 8.08. The quantitative estimate of drug-likeness (QED) is 0.451. The molecule has 144 valence electrons. The van der Waals surface area contributed by atoms with Crippen LogP contribution in [0.3, 0.4) is 0 Å². The van der Waals surface area contributed by atoms with Crippen LogP contribution in [0.25, 0.3) is 0 Å². The Labute approximate surface area is 169 Å². The molecule has 3 amide bonds. The average Bonchev–Trinajstić information content (AvgIpc) is 2.88. The van der Waals surface area contributed by atoms with E-state index < -0.39 is 40.9 Å². The minimum absolute atomic E-state index is 0.0930. The van der Waals surface area contributed by atoms with Crippen LogP contribution in [0.5, 0.6) is 0 Å². The van der Waals surface area contributed by atoms with Crippen molar-refractivity contribution in [3.63, 3.8) is 0 Å². The maximum atomic E-state index is 12.5. The Bertz CT molecular complexity index is 1020. The lowest BCUT2D eigenvalue weighted by Crippen LogP contribution is -2.41. The zero-order chi connectivity index (χ0) is 20.6. The highest BCUT2D eigenvalue weighted by atomic mass is 35.5. The molecule has 3 rings (SSSR count). The highest BCUT2D eigenvalue weighted by Gasteiger charge is 2.41. The third kappa shape index (κ3) is 3.56. The smallest absolute Gasteiger partial charge is 0.282 e. The molecule has 0 aliphatic carbocycles. The largest absolute Gasteiger partial charge is 0.348 e. The number of hydrogen-bond acceptors (Lipinski definition) is 5. The van der Waals surface area contributed by atoms with Crippen molar-refractivity contribution in [1.29, 1.82) is 0 Å². The summed E-state index contributed by atoms with van der Waals surface area (Å²) >= 11 is 11.8. The Hall–Kier alpha value is -2.97. The molecule has 0 saturated carbocycles. The lowest BCUT2D eigenvalue weighted by molar-refractivity contribution is -0.385. The van der Waals surface area contributed by atoms with E-state index in [1.54, 1.807) is 25.1 Å². The number of carbonyl (C=O) groups excluding carboxylic acids is 3. The highest BCUT2D eigenvalue weighted by molar-refractivity contribution is 6.42. The van der Waals surface area contributed by atoms with Gasteiger partial charge >= 0.3 is 0 Å². The molecule has 1 N–H and O–H groups in total. The van der Waals surface area contributed by atoms with Gasteiger partial charge in [-0.15, -0.1) is 0 Å². The Kier molecular flexibility index (Phi) is 5.35. The molecule has 1 atom stereocenters. The molecule has 2 aromatic carbocycles. The van der Waals surface area contributed by atoms with Crippen molar-refractivity contribution in [3.05, 3.63) is 73.2 Å². The van der Waals surface area contributed by atoms with E-state index in [2.05, 4.69) is 5.32 Å². The summed E-state index contributed by atoms with van der Waals surface area (Å²) in [6, 6.07) is 8.18. The predicted molar refractivity (Wildman–Crippen MR) is 101 cm³/mol. The summed E-state index contributed by atoms with van der Waals surface area (Å²) in [6.07, 6.45) is 0. The van der Waals surface area contributed by atoms with Crippen LogP contribution >= 0.6 is 23.2 Å². The van der Waals surface area contributed by atoms with E-state index in [0.717, 1.165) is 6.07 Å². The third-order valence-corrected chi connectivity index (χ3v) is 5.04. The summed E-state index contributed by atoms with van der Waals surface area (Å²) in [4.78, 5) is 48.3. The van der Waals surface area contributed by atoms with Crippen LogP contribution in [0.4, 0.5) is 5.69 Å². The SMILES string of the molecule is CC(NC(=O)CN1C(=O)c2cccc([N+](=O)[O-])c2C1=O)c1ccc(Cl)c(Cl)c1. The second-order valence-corrected chi connectivity index (χ2v) is 6.93. The van der Waals surface area contributed by atoms with Crippen LogP contribution in [-0.2, 0) is 4.79 Å². The van der Waals surface area contributed by atoms with E-state index in [1.165, 1.54) is 12.1 Å². The van der Waals surface area contributed by atoms with Gasteiger partial charge in [-0.05, 0) is 30.7 Å². The Balaban J connectivity index is 1.75. The normalized spacial score (nSPS) is 14.0. The number of imide groups is 1. The van der Waals surface area contributed by atoms with E-state index in [0.29, 0.717) is 20.5 Å². The van der Waals surface area contributed by atoms with Crippen molar-refractivity contribution in [2.75, 3.05) is 6.54 Å². The molecule has 0 spiro atoms. The number of carbonyl (C=O) groups is 3. The number of rotatable bonds is 5. The number of nitrogens with one attached hydrogen (secondary N) is 1. The molecule has 8 nitrogen and oxygen atoms in total. The van der Waals surface area contributed by atoms with Gasteiger partial charge in [0, 0.05) is 6.07 Å². The fraction of sp³-hybridized carbons (Fsp3) is 0.167. The summed E-state index contributed by atoms with van der Waals surface area (Å²) in [5.74, 6) is -2.22. The van der Waals surface area contributed by atoms with Gasteiger partial charge in [0.05, 0.1) is 26.6 Å². The van der Waals surface area contributed by atoms with Crippen LogP contribution in [0.15, 0.2) is 36.4 Å². The number of benzene rings is 2. The van der Waals surface area contributed by atoms with Crippen LogP contribution in [0, 0.1) is 10.1 Å². The van der Waals surface area contributed by atoms with E-state index in [9.17, 15) is 24.5 Å². The number of fused-ring (bicyclic) bond motifs is 1. The first-order valence-corrected chi connectivity index (χ1v) is 8.84. The molecule has 1 aliphatic heterocycles. The first kappa shape index (κ1) is 19.8. The van der Waals surface area contributed by atoms with Gasteiger partial charge in [-0.1, -0.05) is 35.3 Å². The molecule has 1 heterocycles. The van der Waals surface area contributed by atoms with Crippen molar-refractivity contribution in [3.8, 4) is 0 Å². The van der Waals surface area contributed by atoms with E-state index >= 15 is 0 Å². The zero-order valence-corrected chi connectivity index (χ0v) is 16.0. The van der Waals surface area contributed by atoms with E-state index in [-0.39, 0.29) is 11.1 Å². The monoisotopic (exact) mass is 421 g/mol. The van der Waals surface area contributed by atoms with Gasteiger partial charge in [0.25, 0.3) is 17.5 Å². The third-order valence-electron chi connectivity index (χ3n) is 4.30. The molecule has 0 saturated heterocycles. The van der Waals surface area contributed by atoms with Crippen molar-refractivity contribution in [2.24, 2.45) is 0 Å². The molecule has 2 aromatic rings. The van der Waals surface area contributed by atoms with Crippen LogP contribution < -0.4 is 5.32 Å². The maximum Gasteiger partial charge on any atom is 0.282 e. The second kappa shape index (κ2) is 7.57. The summed E-state index contributed by atoms with van der Waals surface area (Å²) in [5, 5.41) is 14.5. The van der Waals surface area contributed by atoms with Gasteiger partial charge in [0.2, 0.25) is 5.91 Å². The van der Waals surface area contributed by atoms with E-state index in [4.69, 9.17) is 23.2 Å². The van der Waals surface area contributed by atoms with Crippen LogP contribution in [0.2, 0.25) is 10.0 Å². The fourth-order valence-electron chi connectivity index (χ4n) is 2.91. The molecule has 1 unspecified atom stereocenters. The maximum absolute atomic E-state index is 12.5. The number of halogens is 2. The number of hydrogen-bond donors (Lipinski definition) is 1. The van der Waals surface area contributed by atoms with Gasteiger partial charge in [0.1, 0.15) is 12.1 Å². The topological polar surface area (TPSA) is 110 Å². The molecule has 0 aromatic heterocycles. The molecule has 10 heteroatoms. The number of nitro benzene ring substituents is 1. The number of amides is 3. The van der Waals surface area contributed by atoms with Crippen molar-refractivity contribution in [1.82, 2.24) is 10.2 Å². The van der Waals surface area contributed by atoms with Crippen molar-refractivity contribution >= 4 is 46.6 Å². The van der Waals surface area contributed by atoms with Crippen molar-refractivity contribution < 1.29 is 19.3 Å². The Morgan fingerprint density at radius 3 is 2.54 bits per heavy atom. The standard InChI is InChI=1S/C18H13Cl2N3O5/c1-9(10-5-6-12(19)13(20)7-10)21-15(24)8-22-17(25)11-3-2-4-14(23(27)28)16(11)18(22)26/h2-7,9H,8H2,1H3,(H,21,24). The number of nitro groups is 1. The number of nitrogens with zero attached hydrogens (tertiary/aromatic N) is 2. The Morgan fingerprint density at radius 2 is 1.89 bits per heavy atom. The second-order valence-electron chi connectivity index (χ2n) is 6.12. The average molecular weight is 422 g/mol. The van der Waals surface area contributed by atoms with Gasteiger partial charge in [-0.25, -0.2) is 0 Å². The van der Waals surface area contributed by atoms with E-state index in [1.807, 2.05) is 0 Å². The minimum atomic E-state index is -0.871. The molecular formula is C18H13Cl2N3O5. The summed E-state index contributed by atoms with van der Waals surface area (Å²) in [5.41, 5.74) is -0.184. The molecule has 1 aliphatic rings. The predicted octanol–water partition coefficient (Wildman–Crippen LogP) is 3.38. The summed E-state index contributed by atoms with van der Waals surface area (Å²) in [6.45, 7) is 1.14. The van der Waals surface area contributed by atoms with Crippen LogP contribution in [-0.4, -0.2) is 34.1 Å². The highest BCUT2D eigenvalue weighted by Crippen LogP contribution is 2.30. The minimum Gasteiger partial charge on any atom is -0.348 e. The van der Waals surface area contributed by atoms with Crippen LogP contribution in [0.1, 0.15) is 39.2 Å². The summed E-state index contributed by atoms with van der Waals surface area (Å²) < 4.78 is 0. The lowest BCUT2D eigenvalue weighted by Gasteiger charge is -2.18. The van der Waals surface area contributed by atoms with Gasteiger partial charge < -0.3 is 5.32 Å². The van der Waals surface area contributed by atoms with Gasteiger partial charge in [-0.2, -0.15) is 0 Å². The fourth-order valence-corrected chi connectivity index (χ4v) is 3.21. The summed E-state index contributed by atoms with van der Waals surface area (Å²) in [7, 11) is 0. The molecule has 28 heavy (non-hydrogen) atoms. The molecular weight excluding hydrogens is 409 g/mol.